The van der Waals surface area contributed by atoms with Crippen LogP contribution < -0.4 is 20.5 Å². The summed E-state index contributed by atoms with van der Waals surface area (Å²) >= 11 is 0. The molecule has 0 aromatic heterocycles. The van der Waals surface area contributed by atoms with Crippen molar-refractivity contribution in [1.82, 2.24) is 5.32 Å². The highest BCUT2D eigenvalue weighted by atomic mass is 16.5. The number of ether oxygens (including phenoxy) is 2. The quantitative estimate of drug-likeness (QED) is 0.594. The van der Waals surface area contributed by atoms with Crippen molar-refractivity contribution >= 4 is 11.6 Å². The number of rotatable bonds is 7. The van der Waals surface area contributed by atoms with Gasteiger partial charge in [-0.05, 0) is 24.8 Å². The van der Waals surface area contributed by atoms with Crippen molar-refractivity contribution in [3.63, 3.8) is 0 Å². The number of carbonyl (C=O) groups excluding carboxylic acids is 1. The van der Waals surface area contributed by atoms with Crippen LogP contribution in [0.5, 0.6) is 11.5 Å². The molecule has 0 aliphatic heterocycles. The van der Waals surface area contributed by atoms with E-state index in [9.17, 15) is 4.79 Å². The molecule has 0 heterocycles. The number of nitrogens with one attached hydrogen (secondary N) is 1. The summed E-state index contributed by atoms with van der Waals surface area (Å²) < 4.78 is 10.3. The molecule has 0 aliphatic carbocycles. The molecule has 0 radical (unpaired) electrons. The van der Waals surface area contributed by atoms with Gasteiger partial charge in [-0.3, -0.25) is 4.79 Å². The van der Waals surface area contributed by atoms with Crippen molar-refractivity contribution in [2.75, 3.05) is 26.5 Å². The van der Waals surface area contributed by atoms with Gasteiger partial charge in [-0.15, -0.1) is 0 Å². The van der Waals surface area contributed by atoms with Gasteiger partial charge in [-0.25, -0.2) is 0 Å². The van der Waals surface area contributed by atoms with Crippen LogP contribution in [0, 0.1) is 5.92 Å². The molecule has 5 nitrogen and oxygen atoms in total. The molecule has 0 saturated carbocycles. The Kier molecular flexibility index (Phi) is 6.15. The monoisotopic (exact) mass is 280 g/mol. The fourth-order valence-electron chi connectivity index (χ4n) is 1.90. The molecule has 3 N–H and O–H groups in total. The third-order valence-electron chi connectivity index (χ3n) is 3.04. The Morgan fingerprint density at radius 1 is 1.25 bits per heavy atom. The lowest BCUT2D eigenvalue weighted by Gasteiger charge is -2.13. The van der Waals surface area contributed by atoms with Crippen LogP contribution in [0.4, 0.5) is 5.69 Å². The van der Waals surface area contributed by atoms with Crippen LogP contribution in [0.15, 0.2) is 12.1 Å². The molecule has 0 bridgehead atoms. The van der Waals surface area contributed by atoms with Crippen LogP contribution >= 0.6 is 0 Å². The zero-order valence-corrected chi connectivity index (χ0v) is 12.7. The van der Waals surface area contributed by atoms with Crippen molar-refractivity contribution in [3.8, 4) is 11.5 Å². The summed E-state index contributed by atoms with van der Waals surface area (Å²) in [5, 5.41) is 2.87. The smallest absolute Gasteiger partial charge is 0.253 e. The van der Waals surface area contributed by atoms with E-state index in [-0.39, 0.29) is 5.91 Å². The van der Waals surface area contributed by atoms with Crippen molar-refractivity contribution < 1.29 is 14.3 Å². The van der Waals surface area contributed by atoms with Gasteiger partial charge in [0.05, 0.1) is 19.8 Å². The van der Waals surface area contributed by atoms with E-state index >= 15 is 0 Å². The summed E-state index contributed by atoms with van der Waals surface area (Å²) in [7, 11) is 3.06. The largest absolute Gasteiger partial charge is 0.493 e. The normalized spacial score (nSPS) is 10.4. The molecule has 1 amide bonds. The van der Waals surface area contributed by atoms with E-state index in [0.29, 0.717) is 35.2 Å². The van der Waals surface area contributed by atoms with Crippen molar-refractivity contribution in [1.29, 1.82) is 0 Å². The summed E-state index contributed by atoms with van der Waals surface area (Å²) in [5.74, 6) is 1.46. The topological polar surface area (TPSA) is 73.6 Å². The molecule has 1 rings (SSSR count). The lowest BCUT2D eigenvalue weighted by molar-refractivity contribution is 0.0953. The second kappa shape index (κ2) is 7.62. The molecule has 1 aromatic rings. The standard InChI is InChI=1S/C15H24N2O3/c1-10(2)6-5-7-17-15(18)11-8-13(19-3)14(20-4)9-12(11)16/h8-10H,5-7,16H2,1-4H3,(H,17,18). The van der Waals surface area contributed by atoms with Crippen LogP contribution in [0.2, 0.25) is 0 Å². The van der Waals surface area contributed by atoms with Gasteiger partial charge in [0.2, 0.25) is 0 Å². The minimum absolute atomic E-state index is 0.188. The first kappa shape index (κ1) is 16.1. The van der Waals surface area contributed by atoms with Gasteiger partial charge in [0, 0.05) is 18.3 Å². The van der Waals surface area contributed by atoms with Crippen LogP contribution in [-0.2, 0) is 0 Å². The van der Waals surface area contributed by atoms with Crippen molar-refractivity contribution in [3.05, 3.63) is 17.7 Å². The third kappa shape index (κ3) is 4.33. The number of amides is 1. The summed E-state index contributed by atoms with van der Waals surface area (Å²) in [6.45, 7) is 4.97. The van der Waals surface area contributed by atoms with Gasteiger partial charge < -0.3 is 20.5 Å². The summed E-state index contributed by atoms with van der Waals surface area (Å²) in [6.07, 6.45) is 2.04. The van der Waals surface area contributed by atoms with Crippen LogP contribution in [0.3, 0.4) is 0 Å². The maximum absolute atomic E-state index is 12.1. The molecular formula is C15H24N2O3. The fourth-order valence-corrected chi connectivity index (χ4v) is 1.90. The Hall–Kier alpha value is -1.91. The summed E-state index contributed by atoms with van der Waals surface area (Å²) in [6, 6.07) is 3.20. The Bertz CT molecular complexity index is 459. The minimum atomic E-state index is -0.188. The zero-order valence-electron chi connectivity index (χ0n) is 12.7. The first-order chi connectivity index (χ1) is 9.49. The molecule has 1 aromatic carbocycles. The van der Waals surface area contributed by atoms with Crippen LogP contribution in [0.25, 0.3) is 0 Å². The van der Waals surface area contributed by atoms with Gasteiger partial charge >= 0.3 is 0 Å². The van der Waals surface area contributed by atoms with Gasteiger partial charge in [-0.2, -0.15) is 0 Å². The van der Waals surface area contributed by atoms with Crippen molar-refractivity contribution in [2.45, 2.75) is 26.7 Å². The predicted molar refractivity (Wildman–Crippen MR) is 80.4 cm³/mol. The minimum Gasteiger partial charge on any atom is -0.493 e. The van der Waals surface area contributed by atoms with E-state index in [4.69, 9.17) is 15.2 Å². The molecular weight excluding hydrogens is 256 g/mol. The molecule has 20 heavy (non-hydrogen) atoms. The number of hydrogen-bond acceptors (Lipinski definition) is 4. The molecule has 0 saturated heterocycles. The molecule has 0 atom stereocenters. The highest BCUT2D eigenvalue weighted by molar-refractivity contribution is 6.00. The predicted octanol–water partition coefficient (Wildman–Crippen LogP) is 2.45. The fraction of sp³-hybridized carbons (Fsp3) is 0.533. The zero-order chi connectivity index (χ0) is 15.1. The van der Waals surface area contributed by atoms with E-state index in [2.05, 4.69) is 19.2 Å². The van der Waals surface area contributed by atoms with E-state index in [0.717, 1.165) is 12.8 Å². The third-order valence-corrected chi connectivity index (χ3v) is 3.04. The number of nitrogen functional groups attached to an aromatic ring is 1. The Balaban J connectivity index is 2.72. The number of benzene rings is 1. The average molecular weight is 280 g/mol. The summed E-state index contributed by atoms with van der Waals surface area (Å²) in [4.78, 5) is 12.1. The Morgan fingerprint density at radius 3 is 2.40 bits per heavy atom. The van der Waals surface area contributed by atoms with Crippen LogP contribution in [0.1, 0.15) is 37.0 Å². The van der Waals surface area contributed by atoms with Gasteiger partial charge in [0.15, 0.2) is 11.5 Å². The first-order valence-electron chi connectivity index (χ1n) is 6.79. The van der Waals surface area contributed by atoms with Gasteiger partial charge in [-0.1, -0.05) is 13.8 Å². The number of anilines is 1. The average Bonchev–Trinajstić information content (AvgIpc) is 2.42. The molecule has 0 spiro atoms. The molecule has 5 heteroatoms. The second-order valence-corrected chi connectivity index (χ2v) is 5.09. The van der Waals surface area contributed by atoms with Crippen LogP contribution in [-0.4, -0.2) is 26.7 Å². The first-order valence-corrected chi connectivity index (χ1v) is 6.79. The van der Waals surface area contributed by atoms with Gasteiger partial charge in [0.25, 0.3) is 5.91 Å². The molecule has 112 valence electrons. The molecule has 0 aliphatic rings. The summed E-state index contributed by atoms with van der Waals surface area (Å²) in [5.41, 5.74) is 6.67. The number of methoxy groups -OCH3 is 2. The number of nitrogens with two attached hydrogens (primary N) is 1. The van der Waals surface area contributed by atoms with E-state index in [1.807, 2.05) is 0 Å². The SMILES string of the molecule is COc1cc(N)c(C(=O)NCCCC(C)C)cc1OC. The van der Waals surface area contributed by atoms with Crippen molar-refractivity contribution in [2.24, 2.45) is 5.92 Å². The second-order valence-electron chi connectivity index (χ2n) is 5.09. The lowest BCUT2D eigenvalue weighted by atomic mass is 10.1. The Labute approximate surface area is 120 Å². The highest BCUT2D eigenvalue weighted by Crippen LogP contribution is 2.31. The van der Waals surface area contributed by atoms with Gasteiger partial charge in [0.1, 0.15) is 0 Å². The van der Waals surface area contributed by atoms with E-state index in [1.54, 1.807) is 12.1 Å². The Morgan fingerprint density at radius 2 is 1.85 bits per heavy atom. The molecule has 0 fully saturated rings. The lowest BCUT2D eigenvalue weighted by Crippen LogP contribution is -2.25. The van der Waals surface area contributed by atoms with E-state index < -0.39 is 0 Å². The number of carbonyl (C=O) groups is 1. The van der Waals surface area contributed by atoms with E-state index in [1.165, 1.54) is 14.2 Å². The maximum atomic E-state index is 12.1. The molecule has 0 unspecified atom stereocenters. The maximum Gasteiger partial charge on any atom is 0.253 e. The highest BCUT2D eigenvalue weighted by Gasteiger charge is 2.14. The number of hydrogen-bond donors (Lipinski definition) is 2.